The van der Waals surface area contributed by atoms with Gasteiger partial charge in [0.25, 0.3) is 0 Å². The highest BCUT2D eigenvalue weighted by atomic mass is 15.0. The summed E-state index contributed by atoms with van der Waals surface area (Å²) < 4.78 is 2.37. The molecule has 2 aromatic carbocycles. The minimum absolute atomic E-state index is 0.123. The van der Waals surface area contributed by atoms with Crippen LogP contribution in [0.1, 0.15) is 58.4 Å². The number of rotatable bonds is 1. The summed E-state index contributed by atoms with van der Waals surface area (Å²) in [7, 11) is 0. The molecule has 0 saturated carbocycles. The van der Waals surface area contributed by atoms with Crippen LogP contribution in [0, 0.1) is 6.92 Å². The van der Waals surface area contributed by atoms with Crippen molar-refractivity contribution < 1.29 is 0 Å². The Bertz CT molecular complexity index is 1110. The van der Waals surface area contributed by atoms with E-state index in [0.717, 1.165) is 5.69 Å². The zero-order chi connectivity index (χ0) is 20.3. The Kier molecular flexibility index (Phi) is 4.15. The van der Waals surface area contributed by atoms with Gasteiger partial charge in [0.1, 0.15) is 0 Å². The van der Waals surface area contributed by atoms with Gasteiger partial charge in [0, 0.05) is 28.4 Å². The summed E-state index contributed by atoms with van der Waals surface area (Å²) in [5.41, 5.74) is 7.68. The maximum Gasteiger partial charge on any atom is 0.0541 e. The molecule has 0 unspecified atom stereocenters. The van der Waals surface area contributed by atoms with Crippen molar-refractivity contribution in [3.8, 4) is 5.69 Å². The molecule has 28 heavy (non-hydrogen) atoms. The van der Waals surface area contributed by atoms with Gasteiger partial charge in [-0.25, -0.2) is 0 Å². The second-order valence-corrected chi connectivity index (χ2v) is 9.95. The molecule has 0 atom stereocenters. The van der Waals surface area contributed by atoms with E-state index in [4.69, 9.17) is 0 Å². The fourth-order valence-electron chi connectivity index (χ4n) is 3.90. The monoisotopic (exact) mass is 370 g/mol. The first-order valence-electron chi connectivity index (χ1n) is 10.1. The molecular formula is C26H30N2. The molecule has 0 aliphatic heterocycles. The Labute approximate surface area is 168 Å². The average molecular weight is 371 g/mol. The maximum atomic E-state index is 4.39. The molecule has 0 spiro atoms. The minimum Gasteiger partial charge on any atom is -0.309 e. The van der Waals surface area contributed by atoms with Crippen LogP contribution < -0.4 is 0 Å². The number of pyridine rings is 1. The van der Waals surface area contributed by atoms with Crippen molar-refractivity contribution in [1.29, 1.82) is 0 Å². The van der Waals surface area contributed by atoms with Gasteiger partial charge in [0.05, 0.1) is 11.0 Å². The fourth-order valence-corrected chi connectivity index (χ4v) is 3.90. The van der Waals surface area contributed by atoms with Crippen molar-refractivity contribution in [3.63, 3.8) is 0 Å². The number of aryl methyl sites for hydroxylation is 1. The van der Waals surface area contributed by atoms with E-state index in [1.165, 1.54) is 38.6 Å². The van der Waals surface area contributed by atoms with E-state index in [1.807, 2.05) is 13.1 Å². The van der Waals surface area contributed by atoms with E-state index in [-0.39, 0.29) is 10.8 Å². The third-order valence-corrected chi connectivity index (χ3v) is 5.64. The van der Waals surface area contributed by atoms with Crippen molar-refractivity contribution in [2.75, 3.05) is 0 Å². The molecule has 2 heterocycles. The Morgan fingerprint density at radius 1 is 0.679 bits per heavy atom. The third kappa shape index (κ3) is 3.11. The molecule has 0 bridgehead atoms. The van der Waals surface area contributed by atoms with Crippen LogP contribution in [0.2, 0.25) is 0 Å². The van der Waals surface area contributed by atoms with Crippen LogP contribution in [0.5, 0.6) is 0 Å². The molecule has 2 heteroatoms. The highest BCUT2D eigenvalue weighted by molar-refractivity contribution is 6.09. The van der Waals surface area contributed by atoms with Crippen molar-refractivity contribution in [3.05, 3.63) is 71.5 Å². The Hall–Kier alpha value is -2.61. The Morgan fingerprint density at radius 3 is 1.61 bits per heavy atom. The molecule has 0 fully saturated rings. The molecule has 144 valence electrons. The van der Waals surface area contributed by atoms with Crippen LogP contribution in [-0.2, 0) is 10.8 Å². The van der Waals surface area contributed by atoms with Gasteiger partial charge in [-0.05, 0) is 65.3 Å². The molecule has 4 aromatic rings. The van der Waals surface area contributed by atoms with Crippen molar-refractivity contribution in [2.24, 2.45) is 0 Å². The van der Waals surface area contributed by atoms with Crippen LogP contribution in [0.4, 0.5) is 0 Å². The highest BCUT2D eigenvalue weighted by Crippen LogP contribution is 2.37. The molecule has 2 nitrogen and oxygen atoms in total. The van der Waals surface area contributed by atoms with E-state index < -0.39 is 0 Å². The van der Waals surface area contributed by atoms with E-state index in [0.29, 0.717) is 0 Å². The molecule has 0 radical (unpaired) electrons. The van der Waals surface area contributed by atoms with Gasteiger partial charge >= 0.3 is 0 Å². The standard InChI is InChI=1S/C26H30N2/c1-17-14-20(12-13-27-17)28-23-10-8-18(25(2,3)4)15-21(23)22-16-19(26(5,6)7)9-11-24(22)28/h8-16H,1-7H3. The summed E-state index contributed by atoms with van der Waals surface area (Å²) >= 11 is 0. The summed E-state index contributed by atoms with van der Waals surface area (Å²) in [6.07, 6.45) is 1.90. The van der Waals surface area contributed by atoms with Crippen LogP contribution in [0.25, 0.3) is 27.5 Å². The molecular weight excluding hydrogens is 340 g/mol. The number of benzene rings is 2. The lowest BCUT2D eigenvalue weighted by Crippen LogP contribution is -2.10. The Balaban J connectivity index is 2.13. The normalized spacial score (nSPS) is 12.8. The first-order valence-corrected chi connectivity index (χ1v) is 10.1. The van der Waals surface area contributed by atoms with Gasteiger partial charge in [-0.3, -0.25) is 4.98 Å². The fraction of sp³-hybridized carbons (Fsp3) is 0.346. The van der Waals surface area contributed by atoms with Crippen LogP contribution in [0.3, 0.4) is 0 Å². The first kappa shape index (κ1) is 18.7. The number of hydrogen-bond acceptors (Lipinski definition) is 1. The van der Waals surface area contributed by atoms with Crippen LogP contribution in [-0.4, -0.2) is 9.55 Å². The van der Waals surface area contributed by atoms with Gasteiger partial charge in [-0.15, -0.1) is 0 Å². The van der Waals surface area contributed by atoms with Gasteiger partial charge in [-0.1, -0.05) is 53.7 Å². The molecule has 0 N–H and O–H groups in total. The lowest BCUT2D eigenvalue weighted by molar-refractivity contribution is 0.590. The predicted molar refractivity (Wildman–Crippen MR) is 121 cm³/mol. The SMILES string of the molecule is Cc1cc(-n2c3ccc(C(C)(C)C)cc3c3cc(C(C)(C)C)ccc32)ccn1. The number of hydrogen-bond donors (Lipinski definition) is 0. The smallest absolute Gasteiger partial charge is 0.0541 e. The van der Waals surface area contributed by atoms with Crippen molar-refractivity contribution in [2.45, 2.75) is 59.3 Å². The summed E-state index contributed by atoms with van der Waals surface area (Å²) in [6, 6.07) is 18.1. The van der Waals surface area contributed by atoms with Crippen LogP contribution in [0.15, 0.2) is 54.7 Å². The zero-order valence-electron chi connectivity index (χ0n) is 18.1. The van der Waals surface area contributed by atoms with Crippen LogP contribution >= 0.6 is 0 Å². The van der Waals surface area contributed by atoms with Gasteiger partial charge in [0.15, 0.2) is 0 Å². The number of nitrogens with zero attached hydrogens (tertiary/aromatic N) is 2. The third-order valence-electron chi connectivity index (χ3n) is 5.64. The second kappa shape index (κ2) is 6.20. The molecule has 0 aliphatic rings. The van der Waals surface area contributed by atoms with E-state index in [2.05, 4.69) is 99.6 Å². The van der Waals surface area contributed by atoms with Crippen molar-refractivity contribution in [1.82, 2.24) is 9.55 Å². The molecule has 0 amide bonds. The Morgan fingerprint density at radius 2 is 1.18 bits per heavy atom. The number of aromatic nitrogens is 2. The lowest BCUT2D eigenvalue weighted by Gasteiger charge is -2.19. The zero-order valence-corrected chi connectivity index (χ0v) is 18.1. The molecule has 0 aliphatic carbocycles. The van der Waals surface area contributed by atoms with Gasteiger partial charge in [0.2, 0.25) is 0 Å². The summed E-state index contributed by atoms with van der Waals surface area (Å²) in [5, 5.41) is 2.64. The predicted octanol–water partition coefficient (Wildman–Crippen LogP) is 7.08. The summed E-state index contributed by atoms with van der Waals surface area (Å²) in [6.45, 7) is 15.7. The first-order chi connectivity index (χ1) is 13.1. The minimum atomic E-state index is 0.123. The quantitative estimate of drug-likeness (QED) is 0.350. The highest BCUT2D eigenvalue weighted by Gasteiger charge is 2.20. The van der Waals surface area contributed by atoms with E-state index >= 15 is 0 Å². The topological polar surface area (TPSA) is 17.8 Å². The average Bonchev–Trinajstić information content (AvgIpc) is 2.93. The molecule has 4 rings (SSSR count). The van der Waals surface area contributed by atoms with E-state index in [9.17, 15) is 0 Å². The molecule has 0 saturated heterocycles. The number of fused-ring (bicyclic) bond motifs is 3. The second-order valence-electron chi connectivity index (χ2n) is 9.95. The lowest BCUT2D eigenvalue weighted by atomic mass is 9.85. The van der Waals surface area contributed by atoms with Gasteiger partial charge < -0.3 is 4.57 Å². The van der Waals surface area contributed by atoms with Gasteiger partial charge in [-0.2, -0.15) is 0 Å². The maximum absolute atomic E-state index is 4.39. The largest absolute Gasteiger partial charge is 0.309 e. The van der Waals surface area contributed by atoms with E-state index in [1.54, 1.807) is 0 Å². The summed E-state index contributed by atoms with van der Waals surface area (Å²) in [4.78, 5) is 4.39. The molecule has 2 aromatic heterocycles. The summed E-state index contributed by atoms with van der Waals surface area (Å²) in [5.74, 6) is 0. The van der Waals surface area contributed by atoms with Crippen molar-refractivity contribution >= 4 is 21.8 Å².